The first-order chi connectivity index (χ1) is 10.0. The van der Waals surface area contributed by atoms with Crippen LogP contribution in [0.3, 0.4) is 0 Å². The molecule has 1 saturated heterocycles. The van der Waals surface area contributed by atoms with Gasteiger partial charge in [0.05, 0.1) is 12.6 Å². The van der Waals surface area contributed by atoms with Gasteiger partial charge in [0.1, 0.15) is 5.75 Å². The topological polar surface area (TPSA) is 50.4 Å². The molecule has 0 atom stereocenters. The van der Waals surface area contributed by atoms with E-state index in [0.29, 0.717) is 0 Å². The molecule has 0 aromatic heterocycles. The zero-order valence-electron chi connectivity index (χ0n) is 12.4. The average Bonchev–Trinajstić information content (AvgIpc) is 2.74. The zero-order valence-corrected chi connectivity index (χ0v) is 12.4. The van der Waals surface area contributed by atoms with Crippen LogP contribution in [0.2, 0.25) is 0 Å². The Bertz CT molecular complexity index is 748. The fourth-order valence-electron chi connectivity index (χ4n) is 2.64. The zero-order chi connectivity index (χ0) is 15.0. The Morgan fingerprint density at radius 3 is 2.48 bits per heavy atom. The summed E-state index contributed by atoms with van der Waals surface area (Å²) in [6.07, 6.45) is 1.94. The number of rotatable bonds is 2. The van der Waals surface area contributed by atoms with E-state index in [1.54, 1.807) is 7.11 Å². The lowest BCUT2D eigenvalue weighted by Gasteiger charge is -2.17. The van der Waals surface area contributed by atoms with Gasteiger partial charge in [-0.1, -0.05) is 30.3 Å². The van der Waals surface area contributed by atoms with Crippen molar-refractivity contribution < 1.29 is 9.53 Å². The Hall–Kier alpha value is -2.33. The molecule has 0 aliphatic carbocycles. The molecule has 0 bridgehead atoms. The highest BCUT2D eigenvalue weighted by molar-refractivity contribution is 6.04. The van der Waals surface area contributed by atoms with E-state index >= 15 is 0 Å². The van der Waals surface area contributed by atoms with E-state index in [1.807, 2.05) is 56.3 Å². The molecule has 0 spiro atoms. The van der Waals surface area contributed by atoms with Crippen LogP contribution in [0, 0.1) is 0 Å². The Morgan fingerprint density at radius 1 is 1.10 bits per heavy atom. The van der Waals surface area contributed by atoms with Crippen molar-refractivity contribution in [2.75, 3.05) is 7.11 Å². The number of carbonyl (C=O) groups excluding carboxylic acids is 1. The number of fused-ring (bicyclic) bond motifs is 1. The van der Waals surface area contributed by atoms with E-state index in [9.17, 15) is 4.79 Å². The van der Waals surface area contributed by atoms with E-state index in [2.05, 4.69) is 10.9 Å². The van der Waals surface area contributed by atoms with Gasteiger partial charge in [-0.25, -0.2) is 5.43 Å². The normalized spacial score (nSPS) is 19.0. The van der Waals surface area contributed by atoms with Crippen molar-refractivity contribution in [2.45, 2.75) is 19.4 Å². The lowest BCUT2D eigenvalue weighted by atomic mass is 9.92. The molecule has 1 fully saturated rings. The third-order valence-electron chi connectivity index (χ3n) is 3.84. The first-order valence-corrected chi connectivity index (χ1v) is 6.88. The summed E-state index contributed by atoms with van der Waals surface area (Å²) in [6.45, 7) is 3.95. The molecule has 0 unspecified atom stereocenters. The Labute approximate surface area is 123 Å². The van der Waals surface area contributed by atoms with Crippen LogP contribution in [-0.2, 0) is 4.79 Å². The van der Waals surface area contributed by atoms with Gasteiger partial charge < -0.3 is 4.74 Å². The molecule has 2 aromatic rings. The number of ether oxygens (including phenoxy) is 1. The van der Waals surface area contributed by atoms with Gasteiger partial charge in [-0.3, -0.25) is 10.2 Å². The van der Waals surface area contributed by atoms with Gasteiger partial charge in [-0.05, 0) is 36.9 Å². The highest BCUT2D eigenvalue weighted by Gasteiger charge is 2.34. The summed E-state index contributed by atoms with van der Waals surface area (Å²) < 4.78 is 5.40. The Balaban J connectivity index is 2.20. The summed E-state index contributed by atoms with van der Waals surface area (Å²) >= 11 is 0. The maximum Gasteiger partial charge on any atom is 0.263 e. The van der Waals surface area contributed by atoms with Crippen LogP contribution in [0.25, 0.3) is 16.8 Å². The summed E-state index contributed by atoms with van der Waals surface area (Å²) in [5.41, 5.74) is 7.00. The SMILES string of the molecule is COc1cccc2c(/C=C3\C(=O)NNC3(C)C)cccc12. The fourth-order valence-corrected chi connectivity index (χ4v) is 2.64. The number of nitrogens with one attached hydrogen (secondary N) is 2. The van der Waals surface area contributed by atoms with E-state index in [4.69, 9.17) is 4.74 Å². The second-order valence-corrected chi connectivity index (χ2v) is 5.66. The van der Waals surface area contributed by atoms with Crippen molar-refractivity contribution in [1.82, 2.24) is 10.9 Å². The van der Waals surface area contributed by atoms with Crippen molar-refractivity contribution in [3.8, 4) is 5.75 Å². The monoisotopic (exact) mass is 282 g/mol. The minimum atomic E-state index is -0.391. The predicted molar refractivity (Wildman–Crippen MR) is 83.8 cm³/mol. The highest BCUT2D eigenvalue weighted by atomic mass is 16.5. The second kappa shape index (κ2) is 4.90. The molecule has 1 amide bonds. The lowest BCUT2D eigenvalue weighted by Crippen LogP contribution is -2.38. The minimum Gasteiger partial charge on any atom is -0.496 e. The number of amides is 1. The molecule has 108 valence electrons. The molecular weight excluding hydrogens is 264 g/mol. The molecular formula is C17H18N2O2. The number of benzene rings is 2. The molecule has 2 N–H and O–H groups in total. The molecule has 1 heterocycles. The van der Waals surface area contributed by atoms with Crippen molar-refractivity contribution in [3.05, 3.63) is 47.5 Å². The number of hydrazine groups is 1. The summed E-state index contributed by atoms with van der Waals surface area (Å²) in [5, 5.41) is 2.11. The minimum absolute atomic E-state index is 0.0834. The number of hydrogen-bond acceptors (Lipinski definition) is 3. The summed E-state index contributed by atoms with van der Waals surface area (Å²) in [7, 11) is 1.66. The number of methoxy groups -OCH3 is 1. The van der Waals surface area contributed by atoms with Crippen LogP contribution >= 0.6 is 0 Å². The van der Waals surface area contributed by atoms with E-state index < -0.39 is 5.54 Å². The Morgan fingerprint density at radius 2 is 1.81 bits per heavy atom. The standard InChI is InChI=1S/C17H18N2O2/c1-17(2)14(16(20)18-19-17)10-11-6-4-8-13-12(11)7-5-9-15(13)21-3/h4-10,19H,1-3H3,(H,18,20)/b14-10+. The largest absolute Gasteiger partial charge is 0.496 e. The summed E-state index contributed by atoms with van der Waals surface area (Å²) in [5.74, 6) is 0.751. The van der Waals surface area contributed by atoms with Crippen LogP contribution in [-0.4, -0.2) is 18.6 Å². The Kier molecular flexibility index (Phi) is 3.18. The van der Waals surface area contributed by atoms with Gasteiger partial charge in [0.25, 0.3) is 5.91 Å². The lowest BCUT2D eigenvalue weighted by molar-refractivity contribution is -0.116. The molecule has 4 heteroatoms. The number of carbonyl (C=O) groups is 1. The third-order valence-corrected chi connectivity index (χ3v) is 3.84. The van der Waals surface area contributed by atoms with Crippen molar-refractivity contribution >= 4 is 22.8 Å². The molecule has 3 rings (SSSR count). The van der Waals surface area contributed by atoms with E-state index in [0.717, 1.165) is 27.7 Å². The highest BCUT2D eigenvalue weighted by Crippen LogP contribution is 2.30. The van der Waals surface area contributed by atoms with Crippen molar-refractivity contribution in [2.24, 2.45) is 0 Å². The molecule has 1 aliphatic rings. The van der Waals surface area contributed by atoms with Gasteiger partial charge in [0.2, 0.25) is 0 Å². The summed E-state index contributed by atoms with van der Waals surface area (Å²) in [4.78, 5) is 12.0. The van der Waals surface area contributed by atoms with Crippen LogP contribution in [0.1, 0.15) is 19.4 Å². The number of hydrogen-bond donors (Lipinski definition) is 2. The summed E-state index contributed by atoms with van der Waals surface area (Å²) in [6, 6.07) is 11.9. The first-order valence-electron chi connectivity index (χ1n) is 6.88. The van der Waals surface area contributed by atoms with Crippen LogP contribution in [0.5, 0.6) is 5.75 Å². The molecule has 2 aromatic carbocycles. The maximum absolute atomic E-state index is 12.0. The predicted octanol–water partition coefficient (Wildman–Crippen LogP) is 2.64. The van der Waals surface area contributed by atoms with Crippen molar-refractivity contribution in [1.29, 1.82) is 0 Å². The third kappa shape index (κ3) is 2.28. The second-order valence-electron chi connectivity index (χ2n) is 5.66. The van der Waals surface area contributed by atoms with E-state index in [-0.39, 0.29) is 5.91 Å². The molecule has 1 aliphatic heterocycles. The molecule has 4 nitrogen and oxygen atoms in total. The van der Waals surface area contributed by atoms with Crippen LogP contribution in [0.4, 0.5) is 0 Å². The van der Waals surface area contributed by atoms with E-state index in [1.165, 1.54) is 0 Å². The first kappa shape index (κ1) is 13.6. The van der Waals surface area contributed by atoms with Crippen LogP contribution < -0.4 is 15.6 Å². The van der Waals surface area contributed by atoms with Gasteiger partial charge in [0.15, 0.2) is 0 Å². The van der Waals surface area contributed by atoms with Gasteiger partial charge in [-0.15, -0.1) is 0 Å². The van der Waals surface area contributed by atoms with Gasteiger partial charge in [-0.2, -0.15) is 0 Å². The molecule has 0 radical (unpaired) electrons. The average molecular weight is 282 g/mol. The maximum atomic E-state index is 12.0. The van der Waals surface area contributed by atoms with Crippen molar-refractivity contribution in [3.63, 3.8) is 0 Å². The molecule has 0 saturated carbocycles. The van der Waals surface area contributed by atoms with Gasteiger partial charge in [0, 0.05) is 11.0 Å². The van der Waals surface area contributed by atoms with Gasteiger partial charge >= 0.3 is 0 Å². The van der Waals surface area contributed by atoms with Crippen LogP contribution in [0.15, 0.2) is 42.0 Å². The molecule has 21 heavy (non-hydrogen) atoms. The fraction of sp³-hybridized carbons (Fsp3) is 0.235. The quantitative estimate of drug-likeness (QED) is 0.833. The smallest absolute Gasteiger partial charge is 0.263 e.